The van der Waals surface area contributed by atoms with Gasteiger partial charge in [0.15, 0.2) is 5.65 Å². The van der Waals surface area contributed by atoms with E-state index in [9.17, 15) is 27.2 Å². The number of benzene rings is 1. The summed E-state index contributed by atoms with van der Waals surface area (Å²) in [6, 6.07) is 3.54. The second-order valence-corrected chi connectivity index (χ2v) is 10.2. The maximum atomic E-state index is 14.0. The molecular formula is C28H33F4N5O3. The van der Waals surface area contributed by atoms with Gasteiger partial charge >= 0.3 is 6.18 Å². The van der Waals surface area contributed by atoms with Crippen LogP contribution in [0, 0.1) is 5.82 Å². The number of hydrogen-bond donors (Lipinski definition) is 1. The Morgan fingerprint density at radius 3 is 2.52 bits per heavy atom. The van der Waals surface area contributed by atoms with Crippen LogP contribution in [-0.4, -0.2) is 57.6 Å². The van der Waals surface area contributed by atoms with E-state index >= 15 is 0 Å². The lowest BCUT2D eigenvalue weighted by Gasteiger charge is -2.19. The molecule has 1 N–H and O–H groups in total. The van der Waals surface area contributed by atoms with E-state index in [0.29, 0.717) is 24.5 Å². The number of carbonyl (C=O) groups excluding carboxylic acids is 1. The third-order valence-electron chi connectivity index (χ3n) is 6.65. The number of carbonyl (C=O) groups is 1. The summed E-state index contributed by atoms with van der Waals surface area (Å²) < 4.78 is 61.0. The van der Waals surface area contributed by atoms with Gasteiger partial charge in [0.05, 0.1) is 23.8 Å². The average molecular weight is 564 g/mol. The van der Waals surface area contributed by atoms with E-state index in [4.69, 9.17) is 4.74 Å². The second-order valence-electron chi connectivity index (χ2n) is 10.2. The number of rotatable bonds is 9. The molecule has 0 radical (unpaired) electrons. The van der Waals surface area contributed by atoms with Gasteiger partial charge in [-0.25, -0.2) is 14.4 Å². The molecule has 3 aromatic rings. The Balaban J connectivity index is 1.65. The maximum Gasteiger partial charge on any atom is 0.419 e. The summed E-state index contributed by atoms with van der Waals surface area (Å²) in [6.45, 7) is 6.43. The Morgan fingerprint density at radius 1 is 1.12 bits per heavy atom. The van der Waals surface area contributed by atoms with Gasteiger partial charge in [0.1, 0.15) is 23.9 Å². The minimum absolute atomic E-state index is 0.0321. The molecule has 216 valence electrons. The highest BCUT2D eigenvalue weighted by Crippen LogP contribution is 2.34. The first-order valence-electron chi connectivity index (χ1n) is 13.4. The van der Waals surface area contributed by atoms with E-state index < -0.39 is 35.6 Å². The number of halogens is 4. The topological polar surface area (TPSA) is 89.3 Å². The summed E-state index contributed by atoms with van der Waals surface area (Å²) in [4.78, 5) is 37.1. The largest absolute Gasteiger partial charge is 0.492 e. The number of nitrogens with zero attached hydrogens (tertiary/aromatic N) is 4. The lowest BCUT2D eigenvalue weighted by Crippen LogP contribution is -2.37. The van der Waals surface area contributed by atoms with Crippen molar-refractivity contribution in [3.8, 4) is 17.1 Å². The molecule has 3 heterocycles. The predicted octanol–water partition coefficient (Wildman–Crippen LogP) is 4.79. The lowest BCUT2D eigenvalue weighted by atomic mass is 10.1. The molecule has 1 aliphatic heterocycles. The summed E-state index contributed by atoms with van der Waals surface area (Å²) in [5, 5.41) is 2.70. The minimum Gasteiger partial charge on any atom is -0.492 e. The summed E-state index contributed by atoms with van der Waals surface area (Å²) >= 11 is 0. The van der Waals surface area contributed by atoms with Gasteiger partial charge in [-0.2, -0.15) is 13.2 Å². The van der Waals surface area contributed by atoms with Crippen molar-refractivity contribution in [3.05, 3.63) is 52.2 Å². The van der Waals surface area contributed by atoms with E-state index in [0.717, 1.165) is 36.7 Å². The van der Waals surface area contributed by atoms with Gasteiger partial charge in [-0.3, -0.25) is 14.2 Å². The van der Waals surface area contributed by atoms with Crippen LogP contribution < -0.4 is 15.6 Å². The van der Waals surface area contributed by atoms with Crippen molar-refractivity contribution in [2.45, 2.75) is 64.7 Å². The SMILES string of the molecule is CC(C)NC(=O)Cn1c(-c2ccc(F)c(C(F)(F)F)c2)nc2ncc(OCCCN3CCCCCC3)cc2c1=O. The number of aromatic nitrogens is 3. The Labute approximate surface area is 229 Å². The molecule has 1 saturated heterocycles. The molecule has 40 heavy (non-hydrogen) atoms. The van der Waals surface area contributed by atoms with E-state index in [1.807, 2.05) is 0 Å². The van der Waals surface area contributed by atoms with Crippen molar-refractivity contribution in [1.82, 2.24) is 24.8 Å². The molecule has 0 unspecified atom stereocenters. The van der Waals surface area contributed by atoms with Crippen LogP contribution in [0.25, 0.3) is 22.4 Å². The molecule has 1 amide bonds. The van der Waals surface area contributed by atoms with Gasteiger partial charge in [0, 0.05) is 18.2 Å². The number of likely N-dealkylation sites (tertiary alicyclic amines) is 1. The van der Waals surface area contributed by atoms with Crippen LogP contribution in [0.3, 0.4) is 0 Å². The first-order valence-corrected chi connectivity index (χ1v) is 13.4. The molecule has 12 heteroatoms. The first kappa shape index (κ1) is 29.4. The smallest absolute Gasteiger partial charge is 0.419 e. The zero-order chi connectivity index (χ0) is 28.9. The van der Waals surface area contributed by atoms with E-state index in [-0.39, 0.29) is 28.5 Å². The normalized spacial score (nSPS) is 14.9. The molecule has 4 rings (SSSR count). The number of nitrogens with one attached hydrogen (secondary N) is 1. The highest BCUT2D eigenvalue weighted by atomic mass is 19.4. The van der Waals surface area contributed by atoms with Crippen LogP contribution in [0.15, 0.2) is 35.3 Å². The van der Waals surface area contributed by atoms with Crippen molar-refractivity contribution >= 4 is 16.9 Å². The fourth-order valence-corrected chi connectivity index (χ4v) is 4.76. The molecule has 0 bridgehead atoms. The molecule has 0 atom stereocenters. The highest BCUT2D eigenvalue weighted by Gasteiger charge is 2.34. The van der Waals surface area contributed by atoms with Crippen LogP contribution >= 0.6 is 0 Å². The fraction of sp³-hybridized carbons (Fsp3) is 0.500. The zero-order valence-electron chi connectivity index (χ0n) is 22.6. The van der Waals surface area contributed by atoms with Crippen molar-refractivity contribution in [3.63, 3.8) is 0 Å². The Hall–Kier alpha value is -3.54. The van der Waals surface area contributed by atoms with Crippen molar-refractivity contribution < 1.29 is 27.1 Å². The van der Waals surface area contributed by atoms with E-state index in [1.165, 1.54) is 37.9 Å². The molecular weight excluding hydrogens is 530 g/mol. The van der Waals surface area contributed by atoms with E-state index in [1.54, 1.807) is 13.8 Å². The Morgan fingerprint density at radius 2 is 1.85 bits per heavy atom. The molecule has 1 aromatic carbocycles. The number of amides is 1. The number of pyridine rings is 1. The standard InChI is InChI=1S/C28H33F4N5O3/c1-18(2)34-24(38)17-37-26(19-8-9-23(29)22(14-19)28(30,31)32)35-25-21(27(37)39)15-20(16-33-25)40-13-7-12-36-10-5-3-4-6-11-36/h8-9,14-16,18H,3-7,10-13,17H2,1-2H3,(H,34,38). The Kier molecular flexibility index (Phi) is 9.39. The monoisotopic (exact) mass is 563 g/mol. The van der Waals surface area contributed by atoms with Gasteiger partial charge in [-0.15, -0.1) is 0 Å². The number of hydrogen-bond acceptors (Lipinski definition) is 6. The minimum atomic E-state index is -4.96. The summed E-state index contributed by atoms with van der Waals surface area (Å²) in [5.41, 5.74) is -2.40. The number of fused-ring (bicyclic) bond motifs is 1. The molecule has 0 saturated carbocycles. The highest BCUT2D eigenvalue weighted by molar-refractivity contribution is 5.80. The third-order valence-corrected chi connectivity index (χ3v) is 6.65. The van der Waals surface area contributed by atoms with Gasteiger partial charge in [-0.1, -0.05) is 12.8 Å². The lowest BCUT2D eigenvalue weighted by molar-refractivity contribution is -0.140. The molecule has 1 aliphatic rings. The maximum absolute atomic E-state index is 14.0. The van der Waals surface area contributed by atoms with Crippen LogP contribution in [-0.2, 0) is 17.5 Å². The van der Waals surface area contributed by atoms with Crippen molar-refractivity contribution in [2.75, 3.05) is 26.2 Å². The van der Waals surface area contributed by atoms with Gasteiger partial charge in [0.25, 0.3) is 5.56 Å². The fourth-order valence-electron chi connectivity index (χ4n) is 4.76. The third kappa shape index (κ3) is 7.35. The second kappa shape index (κ2) is 12.8. The molecule has 0 aliphatic carbocycles. The summed E-state index contributed by atoms with van der Waals surface area (Å²) in [7, 11) is 0. The summed E-state index contributed by atoms with van der Waals surface area (Å²) in [6.07, 6.45) is 2.13. The average Bonchev–Trinajstić information content (AvgIpc) is 3.16. The number of ether oxygens (including phenoxy) is 1. The van der Waals surface area contributed by atoms with Crippen LogP contribution in [0.1, 0.15) is 51.5 Å². The van der Waals surface area contributed by atoms with Gasteiger partial charge < -0.3 is 15.0 Å². The molecule has 8 nitrogen and oxygen atoms in total. The van der Waals surface area contributed by atoms with E-state index in [2.05, 4.69) is 20.2 Å². The summed E-state index contributed by atoms with van der Waals surface area (Å²) in [5.74, 6) is -1.89. The first-order chi connectivity index (χ1) is 19.0. The molecule has 1 fully saturated rings. The zero-order valence-corrected chi connectivity index (χ0v) is 22.6. The quantitative estimate of drug-likeness (QED) is 0.298. The van der Waals surface area contributed by atoms with Gasteiger partial charge in [0.2, 0.25) is 5.91 Å². The van der Waals surface area contributed by atoms with Crippen LogP contribution in [0.5, 0.6) is 5.75 Å². The molecule has 2 aromatic heterocycles. The van der Waals surface area contributed by atoms with Crippen molar-refractivity contribution in [1.29, 1.82) is 0 Å². The van der Waals surface area contributed by atoms with Crippen LogP contribution in [0.4, 0.5) is 17.6 Å². The number of alkyl halides is 3. The van der Waals surface area contributed by atoms with Crippen LogP contribution in [0.2, 0.25) is 0 Å². The van der Waals surface area contributed by atoms with Crippen molar-refractivity contribution in [2.24, 2.45) is 0 Å². The van der Waals surface area contributed by atoms with Gasteiger partial charge in [-0.05, 0) is 70.5 Å². The Bertz CT molecular complexity index is 1400. The predicted molar refractivity (Wildman–Crippen MR) is 142 cm³/mol. The molecule has 0 spiro atoms.